The minimum atomic E-state index is -0.171. The van der Waals surface area contributed by atoms with Gasteiger partial charge in [-0.15, -0.1) is 0 Å². The van der Waals surface area contributed by atoms with Crippen molar-refractivity contribution < 1.29 is 14.3 Å². The standard InChI is InChI=1S/C21H37NO3/c1-3-4-5-6-9-14-22-21-17-13-12-16(15-17)20(21)18(23)10-7-8-11-19(24)25-2/h16-17,20-22H,3-15H2,1-2H3/t16-,17+,20+,21-/m0/s1. The number of hydrogen-bond donors (Lipinski definition) is 1. The van der Waals surface area contributed by atoms with Gasteiger partial charge >= 0.3 is 5.97 Å². The quantitative estimate of drug-likeness (QED) is 0.398. The predicted molar refractivity (Wildman–Crippen MR) is 100 cm³/mol. The molecule has 144 valence electrons. The minimum Gasteiger partial charge on any atom is -0.469 e. The molecule has 2 aliphatic rings. The second-order valence-corrected chi connectivity index (χ2v) is 8.00. The highest BCUT2D eigenvalue weighted by Crippen LogP contribution is 2.49. The molecule has 2 fully saturated rings. The van der Waals surface area contributed by atoms with Gasteiger partial charge in [0.05, 0.1) is 7.11 Å². The maximum absolute atomic E-state index is 12.8. The maximum Gasteiger partial charge on any atom is 0.305 e. The molecule has 0 spiro atoms. The van der Waals surface area contributed by atoms with E-state index in [2.05, 4.69) is 17.0 Å². The number of ether oxygens (including phenoxy) is 1. The van der Waals surface area contributed by atoms with Crippen molar-refractivity contribution in [3.8, 4) is 0 Å². The van der Waals surface area contributed by atoms with Crippen LogP contribution in [0.4, 0.5) is 0 Å². The maximum atomic E-state index is 12.8. The molecule has 0 saturated heterocycles. The molecule has 4 nitrogen and oxygen atoms in total. The summed E-state index contributed by atoms with van der Waals surface area (Å²) in [6.45, 7) is 3.30. The smallest absolute Gasteiger partial charge is 0.305 e. The lowest BCUT2D eigenvalue weighted by molar-refractivity contribution is -0.140. The number of esters is 1. The Kier molecular flexibility index (Phi) is 8.94. The average molecular weight is 352 g/mol. The van der Waals surface area contributed by atoms with Gasteiger partial charge in [-0.25, -0.2) is 0 Å². The molecule has 0 unspecified atom stereocenters. The fourth-order valence-corrected chi connectivity index (χ4v) is 4.88. The summed E-state index contributed by atoms with van der Waals surface area (Å²) in [6.07, 6.45) is 12.9. The molecule has 0 aromatic rings. The van der Waals surface area contributed by atoms with Crippen LogP contribution in [0.15, 0.2) is 0 Å². The lowest BCUT2D eigenvalue weighted by Crippen LogP contribution is -2.44. The van der Waals surface area contributed by atoms with Crippen LogP contribution in [0.25, 0.3) is 0 Å². The molecule has 4 heteroatoms. The summed E-state index contributed by atoms with van der Waals surface area (Å²) in [5.74, 6) is 1.81. The molecular formula is C21H37NO3. The molecule has 0 aromatic carbocycles. The van der Waals surface area contributed by atoms with E-state index in [4.69, 9.17) is 0 Å². The van der Waals surface area contributed by atoms with Crippen LogP contribution in [-0.4, -0.2) is 31.4 Å². The predicted octanol–water partition coefficient (Wildman–Crippen LogP) is 4.26. The van der Waals surface area contributed by atoms with Crippen LogP contribution in [0.3, 0.4) is 0 Å². The second-order valence-electron chi connectivity index (χ2n) is 8.00. The van der Waals surface area contributed by atoms with Gasteiger partial charge in [-0.2, -0.15) is 0 Å². The van der Waals surface area contributed by atoms with E-state index in [-0.39, 0.29) is 11.9 Å². The first-order chi connectivity index (χ1) is 12.2. The van der Waals surface area contributed by atoms with Crippen LogP contribution < -0.4 is 5.32 Å². The summed E-state index contributed by atoms with van der Waals surface area (Å²) in [6, 6.07) is 0.415. The highest BCUT2D eigenvalue weighted by Gasteiger charge is 2.49. The van der Waals surface area contributed by atoms with Crippen LogP contribution in [0.5, 0.6) is 0 Å². The third-order valence-electron chi connectivity index (χ3n) is 6.23. The van der Waals surface area contributed by atoms with Gasteiger partial charge in [0.25, 0.3) is 0 Å². The molecule has 2 bridgehead atoms. The molecular weight excluding hydrogens is 314 g/mol. The third kappa shape index (κ3) is 6.09. The fourth-order valence-electron chi connectivity index (χ4n) is 4.88. The van der Waals surface area contributed by atoms with E-state index >= 15 is 0 Å². The van der Waals surface area contributed by atoms with Crippen LogP contribution >= 0.6 is 0 Å². The SMILES string of the molecule is CCCCCCCN[C@H]1[C@@H]2CC[C@@H](C2)[C@@H]1C(=O)CCCCC(=O)OC. The van der Waals surface area contributed by atoms with Crippen molar-refractivity contribution >= 4 is 11.8 Å². The van der Waals surface area contributed by atoms with Gasteiger partial charge in [-0.3, -0.25) is 9.59 Å². The van der Waals surface area contributed by atoms with E-state index < -0.39 is 0 Å². The van der Waals surface area contributed by atoms with E-state index in [0.717, 1.165) is 19.4 Å². The Morgan fingerprint density at radius 3 is 2.44 bits per heavy atom. The molecule has 2 rings (SSSR count). The number of Topliss-reactive ketones (excluding diaryl/α,β-unsaturated/α-hetero) is 1. The number of carbonyl (C=O) groups is 2. The molecule has 2 saturated carbocycles. The monoisotopic (exact) mass is 351 g/mol. The number of unbranched alkanes of at least 4 members (excludes halogenated alkanes) is 5. The van der Waals surface area contributed by atoms with Crippen LogP contribution in [0.1, 0.15) is 84.0 Å². The van der Waals surface area contributed by atoms with Crippen molar-refractivity contribution in [2.24, 2.45) is 17.8 Å². The van der Waals surface area contributed by atoms with Gasteiger partial charge in [-0.05, 0) is 56.9 Å². The number of carbonyl (C=O) groups excluding carboxylic acids is 2. The molecule has 1 N–H and O–H groups in total. The van der Waals surface area contributed by atoms with E-state index in [0.29, 0.717) is 36.5 Å². The zero-order valence-corrected chi connectivity index (χ0v) is 16.2. The first kappa shape index (κ1) is 20.4. The van der Waals surface area contributed by atoms with Crippen LogP contribution in [0.2, 0.25) is 0 Å². The molecule has 0 radical (unpaired) electrons. The Morgan fingerprint density at radius 1 is 0.960 bits per heavy atom. The van der Waals surface area contributed by atoms with Gasteiger partial charge in [0, 0.05) is 24.8 Å². The van der Waals surface area contributed by atoms with Crippen molar-refractivity contribution in [3.05, 3.63) is 0 Å². The number of hydrogen-bond acceptors (Lipinski definition) is 4. The zero-order valence-electron chi connectivity index (χ0n) is 16.2. The minimum absolute atomic E-state index is 0.171. The highest BCUT2D eigenvalue weighted by molar-refractivity contribution is 5.82. The molecule has 0 amide bonds. The number of ketones is 1. The summed E-state index contributed by atoms with van der Waals surface area (Å²) in [5, 5.41) is 3.74. The van der Waals surface area contributed by atoms with Gasteiger partial charge in [0.1, 0.15) is 5.78 Å². The number of nitrogens with one attached hydrogen (secondary N) is 1. The average Bonchev–Trinajstić information content (AvgIpc) is 3.22. The van der Waals surface area contributed by atoms with E-state index in [1.165, 1.54) is 58.5 Å². The Balaban J connectivity index is 1.71. The summed E-state index contributed by atoms with van der Waals surface area (Å²) >= 11 is 0. The summed E-state index contributed by atoms with van der Waals surface area (Å²) < 4.78 is 4.66. The normalized spacial score (nSPS) is 27.6. The van der Waals surface area contributed by atoms with Gasteiger partial charge in [0.15, 0.2) is 0 Å². The summed E-state index contributed by atoms with van der Waals surface area (Å²) in [4.78, 5) is 23.9. The van der Waals surface area contributed by atoms with Crippen molar-refractivity contribution in [3.63, 3.8) is 0 Å². The van der Waals surface area contributed by atoms with E-state index in [9.17, 15) is 9.59 Å². The fraction of sp³-hybridized carbons (Fsp3) is 0.905. The molecule has 0 aliphatic heterocycles. The Labute approximate surface area is 153 Å². The Bertz CT molecular complexity index is 423. The molecule has 0 heterocycles. The van der Waals surface area contributed by atoms with Crippen molar-refractivity contribution in [1.29, 1.82) is 0 Å². The number of methoxy groups -OCH3 is 1. The number of fused-ring (bicyclic) bond motifs is 2. The summed E-state index contributed by atoms with van der Waals surface area (Å²) in [7, 11) is 1.42. The molecule has 2 aliphatic carbocycles. The van der Waals surface area contributed by atoms with Gasteiger partial charge < -0.3 is 10.1 Å². The Morgan fingerprint density at radius 2 is 1.68 bits per heavy atom. The molecule has 25 heavy (non-hydrogen) atoms. The topological polar surface area (TPSA) is 55.4 Å². The van der Waals surface area contributed by atoms with Crippen molar-refractivity contribution in [1.82, 2.24) is 5.32 Å². The van der Waals surface area contributed by atoms with E-state index in [1.807, 2.05) is 0 Å². The zero-order chi connectivity index (χ0) is 18.1. The van der Waals surface area contributed by atoms with Crippen LogP contribution in [-0.2, 0) is 14.3 Å². The second kappa shape index (κ2) is 10.9. The van der Waals surface area contributed by atoms with Gasteiger partial charge in [0.2, 0.25) is 0 Å². The summed E-state index contributed by atoms with van der Waals surface area (Å²) in [5.41, 5.74) is 0. The van der Waals surface area contributed by atoms with Crippen molar-refractivity contribution in [2.45, 2.75) is 90.0 Å². The first-order valence-corrected chi connectivity index (χ1v) is 10.5. The lowest BCUT2D eigenvalue weighted by Gasteiger charge is -2.31. The third-order valence-corrected chi connectivity index (χ3v) is 6.23. The molecule has 4 atom stereocenters. The largest absolute Gasteiger partial charge is 0.469 e. The first-order valence-electron chi connectivity index (χ1n) is 10.5. The number of rotatable bonds is 13. The lowest BCUT2D eigenvalue weighted by atomic mass is 9.80. The molecule has 0 aromatic heterocycles. The van der Waals surface area contributed by atoms with Gasteiger partial charge in [-0.1, -0.05) is 32.6 Å². The van der Waals surface area contributed by atoms with E-state index in [1.54, 1.807) is 0 Å². The Hall–Kier alpha value is -0.900. The highest BCUT2D eigenvalue weighted by atomic mass is 16.5. The van der Waals surface area contributed by atoms with Crippen molar-refractivity contribution in [2.75, 3.05) is 13.7 Å². The van der Waals surface area contributed by atoms with Crippen LogP contribution in [0, 0.1) is 17.8 Å².